The van der Waals surface area contributed by atoms with Crippen molar-refractivity contribution in [1.29, 1.82) is 0 Å². The Hall–Kier alpha value is -1.78. The summed E-state index contributed by atoms with van der Waals surface area (Å²) in [4.78, 5) is 22.7. The van der Waals surface area contributed by atoms with Gasteiger partial charge in [0.25, 0.3) is 5.56 Å². The molecule has 1 aliphatic rings. The predicted molar refractivity (Wildman–Crippen MR) is 139 cm³/mol. The molecule has 2 aromatic carbocycles. The highest BCUT2D eigenvalue weighted by Gasteiger charge is 2.24. The van der Waals surface area contributed by atoms with Crippen LogP contribution in [0.15, 0.2) is 50.8 Å². The van der Waals surface area contributed by atoms with Gasteiger partial charge >= 0.3 is 0 Å². The summed E-state index contributed by atoms with van der Waals surface area (Å²) in [5, 5.41) is 0.894. The van der Waals surface area contributed by atoms with Crippen LogP contribution in [0.25, 0.3) is 10.9 Å². The molecule has 0 saturated carbocycles. The lowest BCUT2D eigenvalue weighted by Crippen LogP contribution is -2.31. The first-order chi connectivity index (χ1) is 16.1. The van der Waals surface area contributed by atoms with Crippen LogP contribution in [-0.4, -0.2) is 66.7 Å². The van der Waals surface area contributed by atoms with Crippen molar-refractivity contribution < 1.29 is 8.42 Å². The van der Waals surface area contributed by atoms with Crippen LogP contribution >= 0.6 is 27.5 Å². The van der Waals surface area contributed by atoms with Crippen LogP contribution in [-0.2, 0) is 22.9 Å². The van der Waals surface area contributed by atoms with Crippen LogP contribution in [0.5, 0.6) is 0 Å². The van der Waals surface area contributed by atoms with E-state index < -0.39 is 9.84 Å². The fourth-order valence-electron chi connectivity index (χ4n) is 4.39. The highest BCUT2D eigenvalue weighted by Crippen LogP contribution is 2.26. The third-order valence-corrected chi connectivity index (χ3v) is 9.24. The molecule has 3 aromatic rings. The van der Waals surface area contributed by atoms with E-state index in [9.17, 15) is 13.2 Å². The van der Waals surface area contributed by atoms with Crippen molar-refractivity contribution in [2.24, 2.45) is 0 Å². The number of hydrogen-bond donors (Lipinski definition) is 0. The third-order valence-electron chi connectivity index (χ3n) is 6.44. The van der Waals surface area contributed by atoms with Crippen LogP contribution in [0.2, 0.25) is 5.02 Å². The van der Waals surface area contributed by atoms with E-state index in [2.05, 4.69) is 44.8 Å². The second kappa shape index (κ2) is 10.1. The first-order valence-corrected chi connectivity index (χ1v) is 14.0. The third kappa shape index (κ3) is 5.23. The molecule has 1 aliphatic heterocycles. The van der Waals surface area contributed by atoms with Crippen molar-refractivity contribution in [3.63, 3.8) is 0 Å². The van der Waals surface area contributed by atoms with Gasteiger partial charge in [0, 0.05) is 35.2 Å². The number of halogens is 2. The van der Waals surface area contributed by atoms with Gasteiger partial charge in [0.2, 0.25) is 0 Å². The van der Waals surface area contributed by atoms with Crippen molar-refractivity contribution in [2.45, 2.75) is 37.4 Å². The molecule has 0 unspecified atom stereocenters. The van der Waals surface area contributed by atoms with Crippen molar-refractivity contribution in [3.8, 4) is 0 Å². The number of hydrogen-bond acceptors (Lipinski definition) is 6. The number of rotatable bonds is 7. The van der Waals surface area contributed by atoms with Gasteiger partial charge in [-0.25, -0.2) is 13.4 Å². The zero-order valence-corrected chi connectivity index (χ0v) is 22.6. The molecule has 34 heavy (non-hydrogen) atoms. The fraction of sp³-hybridized carbons (Fsp3) is 0.417. The average Bonchev–Trinajstić information content (AvgIpc) is 3.26. The monoisotopic (exact) mass is 566 g/mol. The van der Waals surface area contributed by atoms with Gasteiger partial charge in [0.1, 0.15) is 0 Å². The molecule has 1 fully saturated rings. The Morgan fingerprint density at radius 1 is 1.18 bits per heavy atom. The van der Waals surface area contributed by atoms with Gasteiger partial charge in [0.05, 0.1) is 34.4 Å². The Kier molecular flexibility index (Phi) is 7.50. The Bertz CT molecular complexity index is 1390. The van der Waals surface area contributed by atoms with Crippen molar-refractivity contribution in [1.82, 2.24) is 19.4 Å². The summed E-state index contributed by atoms with van der Waals surface area (Å²) in [6, 6.07) is 8.97. The molecule has 1 saturated heterocycles. The molecule has 0 spiro atoms. The van der Waals surface area contributed by atoms with E-state index in [1.807, 2.05) is 12.1 Å². The number of fused-ring (bicyclic) bond motifs is 1. The molecule has 182 valence electrons. The van der Waals surface area contributed by atoms with E-state index in [-0.39, 0.29) is 22.8 Å². The summed E-state index contributed by atoms with van der Waals surface area (Å²) in [6.07, 6.45) is 2.62. The smallest absolute Gasteiger partial charge is 0.261 e. The minimum Gasteiger partial charge on any atom is -0.305 e. The lowest BCUT2D eigenvalue weighted by atomic mass is 10.1. The summed E-state index contributed by atoms with van der Waals surface area (Å²) in [5.74, 6) is -0.0332. The van der Waals surface area contributed by atoms with E-state index in [0.717, 1.165) is 36.1 Å². The largest absolute Gasteiger partial charge is 0.305 e. The Labute approximate surface area is 213 Å². The predicted octanol–water partition coefficient (Wildman–Crippen LogP) is 3.79. The molecule has 2 heterocycles. The molecule has 0 N–H and O–H groups in total. The lowest BCUT2D eigenvalue weighted by Gasteiger charge is -2.21. The molecule has 7 nitrogen and oxygen atoms in total. The number of aromatic nitrogens is 2. The quantitative estimate of drug-likeness (QED) is 0.433. The first kappa shape index (κ1) is 25.3. The molecule has 1 aromatic heterocycles. The highest BCUT2D eigenvalue weighted by molar-refractivity contribution is 9.10. The Morgan fingerprint density at radius 2 is 1.94 bits per heavy atom. The number of likely N-dealkylation sites (N-methyl/N-ethyl adjacent to an activating group) is 1. The zero-order valence-electron chi connectivity index (χ0n) is 19.5. The van der Waals surface area contributed by atoms with Crippen LogP contribution in [0.3, 0.4) is 0 Å². The topological polar surface area (TPSA) is 75.5 Å². The Morgan fingerprint density at radius 3 is 2.62 bits per heavy atom. The van der Waals surface area contributed by atoms with Gasteiger partial charge in [-0.3, -0.25) is 14.3 Å². The van der Waals surface area contributed by atoms with Gasteiger partial charge < -0.3 is 4.90 Å². The molecular weight excluding hydrogens is 540 g/mol. The number of sulfone groups is 1. The number of nitrogens with zero attached hydrogens (tertiary/aromatic N) is 4. The van der Waals surface area contributed by atoms with Crippen LogP contribution in [0, 0.1) is 0 Å². The van der Waals surface area contributed by atoms with Gasteiger partial charge in [-0.15, -0.1) is 0 Å². The van der Waals surface area contributed by atoms with E-state index in [0.29, 0.717) is 27.5 Å². The summed E-state index contributed by atoms with van der Waals surface area (Å²) in [5.41, 5.74) is 1.95. The van der Waals surface area contributed by atoms with Gasteiger partial charge in [-0.05, 0) is 62.0 Å². The molecule has 0 aliphatic carbocycles. The van der Waals surface area contributed by atoms with E-state index in [1.165, 1.54) is 17.0 Å². The van der Waals surface area contributed by atoms with Crippen molar-refractivity contribution >= 4 is 48.3 Å². The van der Waals surface area contributed by atoms with Crippen LogP contribution in [0.4, 0.5) is 0 Å². The lowest BCUT2D eigenvalue weighted by molar-refractivity contribution is 0.264. The molecule has 10 heteroatoms. The standard InChI is InChI=1S/C24H28BrClN4O3S/c1-4-34(32,33)23-6-5-18(26)9-17(23)13-30-15-27-22-10-16(21(25)11-20(22)24(30)31)12-29-8-7-19(14-29)28(2)3/h5-6,9-11,15,19H,4,7-8,12-14H2,1-3H3/t19-/m1/s1. The summed E-state index contributed by atoms with van der Waals surface area (Å²) in [6.45, 7) is 4.48. The molecule has 1 atom stereocenters. The van der Waals surface area contributed by atoms with Gasteiger partial charge in [0.15, 0.2) is 9.84 Å². The average molecular weight is 568 g/mol. The van der Waals surface area contributed by atoms with Crippen molar-refractivity contribution in [3.05, 3.63) is 67.6 Å². The summed E-state index contributed by atoms with van der Waals surface area (Å²) in [7, 11) is 0.756. The maximum Gasteiger partial charge on any atom is 0.261 e. The number of benzene rings is 2. The normalized spacial score (nSPS) is 17.2. The number of likely N-dealkylation sites (tertiary alicyclic amines) is 1. The van der Waals surface area contributed by atoms with E-state index >= 15 is 0 Å². The highest BCUT2D eigenvalue weighted by atomic mass is 79.9. The maximum atomic E-state index is 13.3. The summed E-state index contributed by atoms with van der Waals surface area (Å²) < 4.78 is 27.4. The first-order valence-electron chi connectivity index (χ1n) is 11.2. The second-order valence-corrected chi connectivity index (χ2v) is 12.5. The second-order valence-electron chi connectivity index (χ2n) is 8.94. The molecule has 0 bridgehead atoms. The minimum absolute atomic E-state index is 0.0332. The maximum absolute atomic E-state index is 13.3. The Balaban J connectivity index is 1.65. The van der Waals surface area contributed by atoms with Crippen LogP contribution in [0.1, 0.15) is 24.5 Å². The fourth-order valence-corrected chi connectivity index (χ4v) is 6.16. The molecule has 0 radical (unpaired) electrons. The minimum atomic E-state index is -3.46. The van der Waals surface area contributed by atoms with Gasteiger partial charge in [-0.1, -0.05) is 34.5 Å². The SMILES string of the molecule is CCS(=O)(=O)c1ccc(Cl)cc1Cn1cnc2cc(CN3CC[C@@H](N(C)C)C3)c(Br)cc2c1=O. The molecule has 4 rings (SSSR count). The van der Waals surface area contributed by atoms with E-state index in [1.54, 1.807) is 19.1 Å². The zero-order chi connectivity index (χ0) is 24.6. The summed E-state index contributed by atoms with van der Waals surface area (Å²) >= 11 is 9.78. The molecule has 0 amide bonds. The van der Waals surface area contributed by atoms with E-state index in [4.69, 9.17) is 11.6 Å². The molecular formula is C24H28BrClN4O3S. The van der Waals surface area contributed by atoms with Crippen LogP contribution < -0.4 is 5.56 Å². The van der Waals surface area contributed by atoms with Crippen molar-refractivity contribution in [2.75, 3.05) is 32.9 Å². The van der Waals surface area contributed by atoms with Gasteiger partial charge in [-0.2, -0.15) is 0 Å².